The van der Waals surface area contributed by atoms with Crippen LogP contribution in [0.25, 0.3) is 0 Å². The predicted octanol–water partition coefficient (Wildman–Crippen LogP) is 3.28. The third-order valence-electron chi connectivity index (χ3n) is 4.51. The lowest BCUT2D eigenvalue weighted by molar-refractivity contribution is -0.385. The van der Waals surface area contributed by atoms with Gasteiger partial charge in [0.25, 0.3) is 11.6 Å². The summed E-state index contributed by atoms with van der Waals surface area (Å²) in [7, 11) is 0. The molecule has 0 spiro atoms. The normalized spacial score (nSPS) is 13.7. The minimum Gasteiger partial charge on any atom is -0.338 e. The summed E-state index contributed by atoms with van der Waals surface area (Å²) in [5.74, 6) is -0.176. The van der Waals surface area contributed by atoms with Gasteiger partial charge in [-0.05, 0) is 37.1 Å². The van der Waals surface area contributed by atoms with Crippen LogP contribution in [0.2, 0.25) is 0 Å². The summed E-state index contributed by atoms with van der Waals surface area (Å²) in [6.07, 6.45) is 1.49. The predicted molar refractivity (Wildman–Crippen MR) is 96.9 cm³/mol. The van der Waals surface area contributed by atoms with Gasteiger partial charge in [-0.15, -0.1) is 0 Å². The number of hydrogen-bond acceptors (Lipinski definition) is 4. The van der Waals surface area contributed by atoms with E-state index >= 15 is 0 Å². The van der Waals surface area contributed by atoms with Crippen LogP contribution in [0.4, 0.5) is 11.4 Å². The van der Waals surface area contributed by atoms with Gasteiger partial charge in [0.05, 0.1) is 16.2 Å². The van der Waals surface area contributed by atoms with Crippen LogP contribution in [-0.2, 0) is 11.3 Å². The molecule has 3 rings (SSSR count). The summed E-state index contributed by atoms with van der Waals surface area (Å²) in [6.45, 7) is 2.92. The summed E-state index contributed by atoms with van der Waals surface area (Å²) in [5.41, 5.74) is 2.20. The average molecular weight is 353 g/mol. The fourth-order valence-electron chi connectivity index (χ4n) is 3.00. The maximum absolute atomic E-state index is 12.4. The number of carbonyl (C=O) groups is 2. The van der Waals surface area contributed by atoms with Crippen LogP contribution >= 0.6 is 0 Å². The zero-order valence-electron chi connectivity index (χ0n) is 14.4. The molecule has 2 aromatic rings. The van der Waals surface area contributed by atoms with Gasteiger partial charge in [-0.2, -0.15) is 0 Å². The molecule has 1 aliphatic rings. The maximum atomic E-state index is 12.4. The molecule has 1 saturated heterocycles. The van der Waals surface area contributed by atoms with Crippen molar-refractivity contribution < 1.29 is 14.5 Å². The van der Waals surface area contributed by atoms with Crippen molar-refractivity contribution in [2.24, 2.45) is 0 Å². The Kier molecular flexibility index (Phi) is 4.97. The standard InChI is InChI=1S/C19H19N3O4/c1-13-16(4-2-5-17(13)22(25)26)20-19(24)15-9-7-14(8-10-15)12-21-11-3-6-18(21)23/h2,4-5,7-10H,3,6,11-12H2,1H3,(H,20,24). The van der Waals surface area contributed by atoms with Crippen LogP contribution in [0.3, 0.4) is 0 Å². The topological polar surface area (TPSA) is 92.6 Å². The SMILES string of the molecule is Cc1c(NC(=O)c2ccc(CN3CCCC3=O)cc2)cccc1[N+](=O)[O-]. The van der Waals surface area contributed by atoms with Crippen LogP contribution in [0.1, 0.15) is 34.3 Å². The third kappa shape index (κ3) is 3.72. The first-order chi connectivity index (χ1) is 12.5. The van der Waals surface area contributed by atoms with Crippen LogP contribution in [-0.4, -0.2) is 28.2 Å². The van der Waals surface area contributed by atoms with E-state index in [0.29, 0.717) is 29.8 Å². The summed E-state index contributed by atoms with van der Waals surface area (Å²) >= 11 is 0. The highest BCUT2D eigenvalue weighted by Crippen LogP contribution is 2.25. The van der Waals surface area contributed by atoms with E-state index in [1.807, 2.05) is 17.0 Å². The van der Waals surface area contributed by atoms with Crippen molar-refractivity contribution in [1.29, 1.82) is 0 Å². The highest BCUT2D eigenvalue weighted by Gasteiger charge is 2.20. The minimum absolute atomic E-state index is 0.0339. The van der Waals surface area contributed by atoms with Gasteiger partial charge < -0.3 is 10.2 Å². The van der Waals surface area contributed by atoms with Gasteiger partial charge in [-0.25, -0.2) is 0 Å². The van der Waals surface area contributed by atoms with E-state index in [1.165, 1.54) is 12.1 Å². The van der Waals surface area contributed by atoms with Gasteiger partial charge in [0, 0.05) is 31.1 Å². The highest BCUT2D eigenvalue weighted by atomic mass is 16.6. The lowest BCUT2D eigenvalue weighted by atomic mass is 10.1. The van der Waals surface area contributed by atoms with Crippen molar-refractivity contribution in [2.75, 3.05) is 11.9 Å². The molecule has 1 fully saturated rings. The van der Waals surface area contributed by atoms with Gasteiger partial charge in [0.2, 0.25) is 5.91 Å². The van der Waals surface area contributed by atoms with Gasteiger partial charge in [-0.3, -0.25) is 19.7 Å². The number of nitrogens with zero attached hydrogens (tertiary/aromatic N) is 2. The van der Waals surface area contributed by atoms with E-state index in [0.717, 1.165) is 18.5 Å². The Morgan fingerprint density at radius 2 is 1.96 bits per heavy atom. The first-order valence-electron chi connectivity index (χ1n) is 8.38. The summed E-state index contributed by atoms with van der Waals surface area (Å²) in [5, 5.41) is 13.7. The quantitative estimate of drug-likeness (QED) is 0.659. The smallest absolute Gasteiger partial charge is 0.274 e. The van der Waals surface area contributed by atoms with E-state index in [9.17, 15) is 19.7 Å². The molecule has 7 heteroatoms. The van der Waals surface area contributed by atoms with Crippen molar-refractivity contribution >= 4 is 23.2 Å². The summed E-state index contributed by atoms with van der Waals surface area (Å²) in [6, 6.07) is 11.6. The number of benzene rings is 2. The first kappa shape index (κ1) is 17.6. The fraction of sp³-hybridized carbons (Fsp3) is 0.263. The second-order valence-corrected chi connectivity index (χ2v) is 6.28. The number of carbonyl (C=O) groups excluding carboxylic acids is 2. The Bertz CT molecular complexity index is 862. The highest BCUT2D eigenvalue weighted by molar-refractivity contribution is 6.04. The molecule has 1 heterocycles. The van der Waals surface area contributed by atoms with Gasteiger partial charge in [0.1, 0.15) is 0 Å². The Labute approximate surface area is 150 Å². The number of amides is 2. The number of likely N-dealkylation sites (tertiary alicyclic amines) is 1. The number of nitrogens with one attached hydrogen (secondary N) is 1. The zero-order chi connectivity index (χ0) is 18.7. The maximum Gasteiger partial charge on any atom is 0.274 e. The number of hydrogen-bond donors (Lipinski definition) is 1. The number of nitro benzene ring substituents is 1. The summed E-state index contributed by atoms with van der Waals surface area (Å²) < 4.78 is 0. The summed E-state index contributed by atoms with van der Waals surface area (Å²) in [4.78, 5) is 36.4. The van der Waals surface area contributed by atoms with Crippen molar-refractivity contribution in [2.45, 2.75) is 26.3 Å². The van der Waals surface area contributed by atoms with Gasteiger partial charge in [0.15, 0.2) is 0 Å². The molecule has 1 N–H and O–H groups in total. The van der Waals surface area contributed by atoms with E-state index in [2.05, 4.69) is 5.32 Å². The second-order valence-electron chi connectivity index (χ2n) is 6.28. The van der Waals surface area contributed by atoms with E-state index < -0.39 is 4.92 Å². The Morgan fingerprint density at radius 1 is 1.23 bits per heavy atom. The molecule has 0 aromatic heterocycles. The number of nitro groups is 1. The lowest BCUT2D eigenvalue weighted by Gasteiger charge is -2.15. The number of rotatable bonds is 5. The van der Waals surface area contributed by atoms with Crippen LogP contribution < -0.4 is 5.32 Å². The van der Waals surface area contributed by atoms with Crippen molar-refractivity contribution in [3.05, 3.63) is 69.3 Å². The Morgan fingerprint density at radius 3 is 2.58 bits per heavy atom. The second kappa shape index (κ2) is 7.35. The van der Waals surface area contributed by atoms with E-state index in [-0.39, 0.29) is 17.5 Å². The zero-order valence-corrected chi connectivity index (χ0v) is 14.4. The Hall–Kier alpha value is -3.22. The average Bonchev–Trinajstić information content (AvgIpc) is 3.02. The van der Waals surface area contributed by atoms with Crippen molar-refractivity contribution in [3.8, 4) is 0 Å². The Balaban J connectivity index is 1.70. The molecular weight excluding hydrogens is 334 g/mol. The van der Waals surface area contributed by atoms with Crippen LogP contribution in [0.5, 0.6) is 0 Å². The molecule has 7 nitrogen and oxygen atoms in total. The van der Waals surface area contributed by atoms with Crippen molar-refractivity contribution in [3.63, 3.8) is 0 Å². The molecule has 2 aromatic carbocycles. The molecule has 1 aliphatic heterocycles. The van der Waals surface area contributed by atoms with Crippen LogP contribution in [0.15, 0.2) is 42.5 Å². The monoisotopic (exact) mass is 353 g/mol. The molecule has 2 amide bonds. The molecule has 0 atom stereocenters. The molecule has 0 bridgehead atoms. The molecule has 134 valence electrons. The third-order valence-corrected chi connectivity index (χ3v) is 4.51. The fourth-order valence-corrected chi connectivity index (χ4v) is 3.00. The molecular formula is C19H19N3O4. The first-order valence-corrected chi connectivity index (χ1v) is 8.38. The van der Waals surface area contributed by atoms with Crippen molar-refractivity contribution in [1.82, 2.24) is 4.90 Å². The molecule has 0 unspecified atom stereocenters. The van der Waals surface area contributed by atoms with E-state index in [1.54, 1.807) is 25.1 Å². The molecule has 26 heavy (non-hydrogen) atoms. The van der Waals surface area contributed by atoms with Gasteiger partial charge in [-0.1, -0.05) is 18.2 Å². The van der Waals surface area contributed by atoms with E-state index in [4.69, 9.17) is 0 Å². The lowest BCUT2D eigenvalue weighted by Crippen LogP contribution is -2.23. The number of anilines is 1. The molecule has 0 radical (unpaired) electrons. The molecule has 0 aliphatic carbocycles. The van der Waals surface area contributed by atoms with Crippen LogP contribution in [0, 0.1) is 17.0 Å². The minimum atomic E-state index is -0.473. The largest absolute Gasteiger partial charge is 0.338 e. The molecule has 0 saturated carbocycles. The van der Waals surface area contributed by atoms with Gasteiger partial charge >= 0.3 is 0 Å².